The average Bonchev–Trinajstić information content (AvgIpc) is 2.73. The number of carbonyl (C=O) groups is 2. The minimum Gasteiger partial charge on any atom is -0.494 e. The van der Waals surface area contributed by atoms with Crippen LogP contribution >= 0.6 is 0 Å². The number of ether oxygens (including phenoxy) is 4. The van der Waals surface area contributed by atoms with E-state index in [1.165, 1.54) is 40.4 Å². The fourth-order valence-corrected chi connectivity index (χ4v) is 2.27. The van der Waals surface area contributed by atoms with Gasteiger partial charge in [0.15, 0.2) is 23.1 Å². The van der Waals surface area contributed by atoms with Crippen molar-refractivity contribution >= 4 is 11.9 Å². The van der Waals surface area contributed by atoms with Crippen LogP contribution in [0.5, 0.6) is 11.5 Å². The molecule has 0 aliphatic rings. The van der Waals surface area contributed by atoms with Gasteiger partial charge in [0, 0.05) is 11.6 Å². The quantitative estimate of drug-likeness (QED) is 0.705. The molecule has 0 bridgehead atoms. The van der Waals surface area contributed by atoms with Crippen molar-refractivity contribution in [1.29, 1.82) is 0 Å². The van der Waals surface area contributed by atoms with Gasteiger partial charge < -0.3 is 18.9 Å². The number of hydrogen-bond donors (Lipinski definition) is 0. The first-order valence-corrected chi connectivity index (χ1v) is 8.16. The first-order chi connectivity index (χ1) is 13.6. The lowest BCUT2D eigenvalue weighted by Gasteiger charge is -2.09. The van der Waals surface area contributed by atoms with Crippen molar-refractivity contribution in [1.82, 2.24) is 0 Å². The maximum Gasteiger partial charge on any atom is 0.340 e. The lowest BCUT2D eigenvalue weighted by atomic mass is 10.1. The SMILES string of the molecule is COC(=O)c1cc(C)c(F)c(OC)c1.COC(=O)c1cc(OC)c(F)c(C)c1F. The number of carbonyl (C=O) groups excluding carboxylic acids is 2. The Balaban J connectivity index is 0.000000291. The fourth-order valence-electron chi connectivity index (χ4n) is 2.27. The summed E-state index contributed by atoms with van der Waals surface area (Å²) in [5.41, 5.74) is 0.0241. The maximum atomic E-state index is 13.4. The van der Waals surface area contributed by atoms with Gasteiger partial charge >= 0.3 is 11.9 Å². The van der Waals surface area contributed by atoms with Gasteiger partial charge in [-0.3, -0.25) is 0 Å². The smallest absolute Gasteiger partial charge is 0.340 e. The monoisotopic (exact) mass is 414 g/mol. The van der Waals surface area contributed by atoms with E-state index in [1.807, 2.05) is 0 Å². The van der Waals surface area contributed by atoms with Crippen LogP contribution in [0.25, 0.3) is 0 Å². The Bertz CT molecular complexity index is 912. The van der Waals surface area contributed by atoms with E-state index in [0.717, 1.165) is 13.2 Å². The number of benzene rings is 2. The van der Waals surface area contributed by atoms with E-state index in [-0.39, 0.29) is 28.2 Å². The molecule has 0 N–H and O–H groups in total. The Kier molecular flexibility index (Phi) is 8.50. The molecule has 6 nitrogen and oxygen atoms in total. The third kappa shape index (κ3) is 5.40. The van der Waals surface area contributed by atoms with E-state index in [0.29, 0.717) is 5.56 Å². The zero-order valence-corrected chi connectivity index (χ0v) is 16.8. The molecule has 158 valence electrons. The molecule has 0 spiro atoms. The summed E-state index contributed by atoms with van der Waals surface area (Å²) in [4.78, 5) is 22.3. The van der Waals surface area contributed by atoms with E-state index >= 15 is 0 Å². The summed E-state index contributed by atoms with van der Waals surface area (Å²) in [7, 11) is 4.97. The van der Waals surface area contributed by atoms with Crippen LogP contribution in [-0.4, -0.2) is 40.4 Å². The second kappa shape index (κ2) is 10.4. The highest BCUT2D eigenvalue weighted by Gasteiger charge is 2.20. The van der Waals surface area contributed by atoms with Gasteiger partial charge in [-0.1, -0.05) is 0 Å². The van der Waals surface area contributed by atoms with Crippen LogP contribution in [0.15, 0.2) is 18.2 Å². The molecule has 0 aliphatic carbocycles. The molecule has 0 aromatic heterocycles. The topological polar surface area (TPSA) is 71.1 Å². The van der Waals surface area contributed by atoms with Crippen LogP contribution in [0.1, 0.15) is 31.8 Å². The number of esters is 2. The highest BCUT2D eigenvalue weighted by atomic mass is 19.1. The Hall–Kier alpha value is -3.23. The maximum absolute atomic E-state index is 13.4. The number of rotatable bonds is 4. The molecule has 0 aliphatic heterocycles. The van der Waals surface area contributed by atoms with Crippen molar-refractivity contribution in [2.45, 2.75) is 13.8 Å². The van der Waals surface area contributed by atoms with Gasteiger partial charge in [-0.25, -0.2) is 22.8 Å². The van der Waals surface area contributed by atoms with Gasteiger partial charge in [-0.05, 0) is 31.5 Å². The van der Waals surface area contributed by atoms with Crippen molar-refractivity contribution in [2.24, 2.45) is 0 Å². The van der Waals surface area contributed by atoms with Crippen molar-refractivity contribution < 1.29 is 41.7 Å². The summed E-state index contributed by atoms with van der Waals surface area (Å²) in [6.45, 7) is 2.78. The average molecular weight is 414 g/mol. The highest BCUT2D eigenvalue weighted by molar-refractivity contribution is 5.90. The Morgan fingerprint density at radius 3 is 1.72 bits per heavy atom. The molecule has 2 aromatic carbocycles. The second-order valence-corrected chi connectivity index (χ2v) is 5.67. The molecule has 2 aromatic rings. The van der Waals surface area contributed by atoms with E-state index < -0.39 is 29.4 Å². The van der Waals surface area contributed by atoms with Gasteiger partial charge in [-0.2, -0.15) is 0 Å². The molecule has 0 radical (unpaired) electrons. The predicted molar refractivity (Wildman–Crippen MR) is 98.0 cm³/mol. The van der Waals surface area contributed by atoms with Crippen LogP contribution in [0.3, 0.4) is 0 Å². The summed E-state index contributed by atoms with van der Waals surface area (Å²) in [5.74, 6) is -3.72. The van der Waals surface area contributed by atoms with Gasteiger partial charge in [0.1, 0.15) is 5.82 Å². The Morgan fingerprint density at radius 2 is 1.24 bits per heavy atom. The number of aryl methyl sites for hydroxylation is 1. The molecular formula is C20H21F3O6. The fraction of sp³-hybridized carbons (Fsp3) is 0.300. The lowest BCUT2D eigenvalue weighted by molar-refractivity contribution is 0.0588. The molecule has 0 saturated heterocycles. The number of halogens is 3. The van der Waals surface area contributed by atoms with Crippen molar-refractivity contribution in [3.8, 4) is 11.5 Å². The van der Waals surface area contributed by atoms with E-state index in [4.69, 9.17) is 4.74 Å². The lowest BCUT2D eigenvalue weighted by Crippen LogP contribution is -2.08. The van der Waals surface area contributed by atoms with Gasteiger partial charge in [0.05, 0.1) is 39.6 Å². The van der Waals surface area contributed by atoms with E-state index in [1.54, 1.807) is 6.92 Å². The van der Waals surface area contributed by atoms with Crippen LogP contribution in [0, 0.1) is 31.3 Å². The van der Waals surface area contributed by atoms with E-state index in [2.05, 4.69) is 14.2 Å². The highest BCUT2D eigenvalue weighted by Crippen LogP contribution is 2.26. The minimum absolute atomic E-state index is 0.0467. The second-order valence-electron chi connectivity index (χ2n) is 5.67. The molecule has 0 atom stereocenters. The molecule has 29 heavy (non-hydrogen) atoms. The molecular weight excluding hydrogens is 393 g/mol. The van der Waals surface area contributed by atoms with E-state index in [9.17, 15) is 22.8 Å². The largest absolute Gasteiger partial charge is 0.494 e. The standard InChI is InChI=1S/C10H10F2O3.C10H11FO3/c1-5-8(11)6(10(13)15-3)4-7(14-2)9(5)12;1-6-4-7(10(12)14-3)5-8(13-2)9(6)11/h4H,1-3H3;4-5H,1-3H3. The van der Waals surface area contributed by atoms with Crippen LogP contribution < -0.4 is 9.47 Å². The molecule has 0 saturated carbocycles. The molecule has 9 heteroatoms. The van der Waals surface area contributed by atoms with Crippen molar-refractivity contribution in [3.05, 3.63) is 57.9 Å². The van der Waals surface area contributed by atoms with Crippen LogP contribution in [0.4, 0.5) is 13.2 Å². The Labute approximate surface area is 166 Å². The number of methoxy groups -OCH3 is 4. The number of hydrogen-bond acceptors (Lipinski definition) is 6. The molecule has 2 rings (SSSR count). The zero-order chi connectivity index (χ0) is 22.3. The molecule has 0 unspecified atom stereocenters. The summed E-state index contributed by atoms with van der Waals surface area (Å²) in [6, 6.07) is 3.71. The summed E-state index contributed by atoms with van der Waals surface area (Å²) in [5, 5.41) is 0. The Morgan fingerprint density at radius 1 is 0.724 bits per heavy atom. The van der Waals surface area contributed by atoms with Gasteiger partial charge in [0.25, 0.3) is 0 Å². The predicted octanol–water partition coefficient (Wildman–Crippen LogP) is 4.00. The zero-order valence-electron chi connectivity index (χ0n) is 16.8. The first kappa shape index (κ1) is 23.8. The summed E-state index contributed by atoms with van der Waals surface area (Å²) in [6.07, 6.45) is 0. The summed E-state index contributed by atoms with van der Waals surface area (Å²) < 4.78 is 58.3. The van der Waals surface area contributed by atoms with Gasteiger partial charge in [0.2, 0.25) is 0 Å². The van der Waals surface area contributed by atoms with Crippen molar-refractivity contribution in [3.63, 3.8) is 0 Å². The van der Waals surface area contributed by atoms with Gasteiger partial charge in [-0.15, -0.1) is 0 Å². The van der Waals surface area contributed by atoms with Crippen molar-refractivity contribution in [2.75, 3.05) is 28.4 Å². The van der Waals surface area contributed by atoms with Crippen LogP contribution in [0.2, 0.25) is 0 Å². The third-order valence-electron chi connectivity index (χ3n) is 3.87. The molecule has 0 fully saturated rings. The normalized spacial score (nSPS) is 9.83. The molecule has 0 amide bonds. The minimum atomic E-state index is -0.930. The summed E-state index contributed by atoms with van der Waals surface area (Å²) >= 11 is 0. The molecule has 0 heterocycles. The first-order valence-electron chi connectivity index (χ1n) is 8.16. The third-order valence-corrected chi connectivity index (χ3v) is 3.87. The van der Waals surface area contributed by atoms with Crippen LogP contribution in [-0.2, 0) is 9.47 Å².